The third-order valence-electron chi connectivity index (χ3n) is 5.26. The largest absolute Gasteiger partial charge is 0.497 e. The van der Waals surface area contributed by atoms with E-state index in [1.807, 2.05) is 55.5 Å². The average molecular weight is 382 g/mol. The molecule has 0 bridgehead atoms. The minimum atomic E-state index is -0.265. The van der Waals surface area contributed by atoms with E-state index < -0.39 is 0 Å². The summed E-state index contributed by atoms with van der Waals surface area (Å²) in [6.45, 7) is 2.95. The first-order valence-electron chi connectivity index (χ1n) is 9.16. The first kappa shape index (κ1) is 17.8. The molecule has 1 aliphatic heterocycles. The molecule has 0 fully saturated rings. The first-order valence-corrected chi connectivity index (χ1v) is 9.54. The Hall–Kier alpha value is -2.59. The maximum absolute atomic E-state index is 13.0. The number of Topliss-reactive ketones (excluding diaryl/α,β-unsaturated/α-hetero) is 1. The van der Waals surface area contributed by atoms with Crippen molar-refractivity contribution in [3.8, 4) is 17.0 Å². The quantitative estimate of drug-likeness (QED) is 0.482. The molecule has 1 aromatic heterocycles. The van der Waals surface area contributed by atoms with Crippen LogP contribution in [-0.4, -0.2) is 17.5 Å². The van der Waals surface area contributed by atoms with Gasteiger partial charge >= 0.3 is 0 Å². The summed E-state index contributed by atoms with van der Waals surface area (Å²) < 4.78 is 9.63. The van der Waals surface area contributed by atoms with Crippen LogP contribution in [0.5, 0.6) is 5.75 Å². The molecule has 1 aliphatic rings. The van der Waals surface area contributed by atoms with Crippen LogP contribution in [0, 0.1) is 0 Å². The zero-order valence-corrected chi connectivity index (χ0v) is 16.2. The third-order valence-corrected chi connectivity index (χ3v) is 5.51. The molecule has 2 heterocycles. The molecule has 0 N–H and O–H groups in total. The molecule has 0 amide bonds. The van der Waals surface area contributed by atoms with Gasteiger partial charge in [-0.15, -0.1) is 0 Å². The number of benzene rings is 2. The molecular weight excluding hydrogens is 360 g/mol. The predicted octanol–water partition coefficient (Wildman–Crippen LogP) is 4.49. The molecule has 4 nitrogen and oxygen atoms in total. The lowest BCUT2D eigenvalue weighted by atomic mass is 10.0. The van der Waals surface area contributed by atoms with Crippen LogP contribution in [-0.2, 0) is 13.0 Å². The van der Waals surface area contributed by atoms with Crippen molar-refractivity contribution in [3.05, 3.63) is 71.1 Å². The summed E-state index contributed by atoms with van der Waals surface area (Å²) in [6.07, 6.45) is 4.18. The molecule has 0 aliphatic carbocycles. The van der Waals surface area contributed by atoms with Crippen LogP contribution < -0.4 is 9.30 Å². The van der Waals surface area contributed by atoms with Gasteiger partial charge in [-0.25, -0.2) is 9.13 Å². The van der Waals surface area contributed by atoms with Gasteiger partial charge in [0.1, 0.15) is 11.9 Å². The van der Waals surface area contributed by atoms with Crippen molar-refractivity contribution in [1.29, 1.82) is 0 Å². The number of nitrogens with zero attached hydrogens (tertiary/aromatic N) is 2. The number of rotatable bonds is 5. The molecule has 0 spiro atoms. The maximum atomic E-state index is 13.0. The lowest BCUT2D eigenvalue weighted by Gasteiger charge is -2.09. The van der Waals surface area contributed by atoms with Crippen LogP contribution >= 0.6 is 11.6 Å². The van der Waals surface area contributed by atoms with Crippen LogP contribution in [0.1, 0.15) is 35.6 Å². The lowest BCUT2D eigenvalue weighted by Crippen LogP contribution is -2.44. The molecule has 1 unspecified atom stereocenters. The molecule has 3 aromatic rings. The zero-order chi connectivity index (χ0) is 19.0. The Morgan fingerprint density at radius 3 is 2.52 bits per heavy atom. The number of fused-ring (bicyclic) bond motifs is 1. The number of hydrogen-bond acceptors (Lipinski definition) is 2. The molecule has 0 radical (unpaired) electrons. The number of carbonyl (C=O) groups excluding carboxylic acids is 1. The van der Waals surface area contributed by atoms with E-state index in [4.69, 9.17) is 16.3 Å². The van der Waals surface area contributed by atoms with Crippen LogP contribution in [0.3, 0.4) is 0 Å². The zero-order valence-electron chi connectivity index (χ0n) is 15.5. The Balaban J connectivity index is 1.69. The Morgan fingerprint density at radius 1 is 1.15 bits per heavy atom. The number of hydrogen-bond donors (Lipinski definition) is 0. The molecule has 1 atom stereocenters. The van der Waals surface area contributed by atoms with Gasteiger partial charge in [-0.3, -0.25) is 4.79 Å². The fourth-order valence-corrected chi connectivity index (χ4v) is 3.90. The van der Waals surface area contributed by atoms with Crippen molar-refractivity contribution >= 4 is 17.4 Å². The molecule has 0 saturated heterocycles. The molecular formula is C22H22ClN2O2+. The van der Waals surface area contributed by atoms with Crippen molar-refractivity contribution in [3.63, 3.8) is 0 Å². The smallest absolute Gasteiger partial charge is 0.257 e. The van der Waals surface area contributed by atoms with Gasteiger partial charge in [-0.2, -0.15) is 0 Å². The number of ether oxygens (including phenoxy) is 1. The predicted molar refractivity (Wildman–Crippen MR) is 105 cm³/mol. The highest BCUT2D eigenvalue weighted by atomic mass is 35.5. The molecule has 2 aromatic carbocycles. The highest BCUT2D eigenvalue weighted by molar-refractivity contribution is 6.30. The minimum Gasteiger partial charge on any atom is -0.497 e. The second-order valence-electron chi connectivity index (χ2n) is 6.87. The van der Waals surface area contributed by atoms with E-state index in [2.05, 4.69) is 15.3 Å². The summed E-state index contributed by atoms with van der Waals surface area (Å²) in [4.78, 5) is 13.0. The van der Waals surface area contributed by atoms with Gasteiger partial charge in [-0.1, -0.05) is 11.6 Å². The molecule has 27 heavy (non-hydrogen) atoms. The van der Waals surface area contributed by atoms with Gasteiger partial charge in [-0.05, 0) is 61.9 Å². The van der Waals surface area contributed by atoms with Gasteiger partial charge in [0, 0.05) is 16.1 Å². The van der Waals surface area contributed by atoms with E-state index >= 15 is 0 Å². The lowest BCUT2D eigenvalue weighted by molar-refractivity contribution is -0.710. The number of aromatic nitrogens is 2. The van der Waals surface area contributed by atoms with E-state index in [-0.39, 0.29) is 11.8 Å². The Kier molecular flexibility index (Phi) is 4.75. The van der Waals surface area contributed by atoms with Gasteiger partial charge in [0.05, 0.1) is 20.1 Å². The van der Waals surface area contributed by atoms with Gasteiger partial charge in [0.15, 0.2) is 11.7 Å². The van der Waals surface area contributed by atoms with Gasteiger partial charge in [0.2, 0.25) is 5.78 Å². The Morgan fingerprint density at radius 2 is 1.85 bits per heavy atom. The molecule has 5 heteroatoms. The van der Waals surface area contributed by atoms with Crippen LogP contribution in [0.4, 0.5) is 0 Å². The van der Waals surface area contributed by atoms with Crippen molar-refractivity contribution in [1.82, 2.24) is 4.57 Å². The molecule has 138 valence electrons. The number of imidazole rings is 1. The molecule has 4 rings (SSSR count). The number of carbonyl (C=O) groups is 1. The summed E-state index contributed by atoms with van der Waals surface area (Å²) in [5.41, 5.74) is 2.95. The second kappa shape index (κ2) is 7.20. The number of halogens is 1. The van der Waals surface area contributed by atoms with Crippen LogP contribution in [0.25, 0.3) is 11.3 Å². The third kappa shape index (κ3) is 3.26. The van der Waals surface area contributed by atoms with Crippen molar-refractivity contribution in [2.24, 2.45) is 0 Å². The van der Waals surface area contributed by atoms with Crippen molar-refractivity contribution in [2.75, 3.05) is 7.11 Å². The highest BCUT2D eigenvalue weighted by Crippen LogP contribution is 2.27. The highest BCUT2D eigenvalue weighted by Gasteiger charge is 2.33. The SMILES string of the molecule is COc1ccc(C(=O)C(C)[n+]2cc(-c3ccc(Cl)cc3)n3c2CCC3)cc1. The summed E-state index contributed by atoms with van der Waals surface area (Å²) in [6, 6.07) is 14.9. The van der Waals surface area contributed by atoms with E-state index in [9.17, 15) is 4.79 Å². The van der Waals surface area contributed by atoms with E-state index in [0.29, 0.717) is 5.56 Å². The van der Waals surface area contributed by atoms with E-state index in [1.165, 1.54) is 5.82 Å². The fraction of sp³-hybridized carbons (Fsp3) is 0.273. The van der Waals surface area contributed by atoms with E-state index in [1.54, 1.807) is 7.11 Å². The van der Waals surface area contributed by atoms with Crippen molar-refractivity contribution in [2.45, 2.75) is 32.4 Å². The standard InChI is InChI=1S/C22H22ClN2O2/c1-15(22(26)17-7-11-19(27-2)12-8-17)25-14-20(24-13-3-4-21(24)25)16-5-9-18(23)10-6-16/h5-12,14-15H,3-4,13H2,1-2H3/q+1. The normalized spacial score (nSPS) is 14.0. The van der Waals surface area contributed by atoms with Crippen molar-refractivity contribution < 1.29 is 14.1 Å². The number of methoxy groups -OCH3 is 1. The Labute approximate surface area is 164 Å². The summed E-state index contributed by atoms with van der Waals surface area (Å²) in [5, 5.41) is 0.725. The van der Waals surface area contributed by atoms with Crippen LogP contribution in [0.2, 0.25) is 5.02 Å². The maximum Gasteiger partial charge on any atom is 0.257 e. The summed E-state index contributed by atoms with van der Waals surface area (Å²) in [7, 11) is 1.62. The van der Waals surface area contributed by atoms with Gasteiger partial charge < -0.3 is 4.74 Å². The molecule has 0 saturated carbocycles. The summed E-state index contributed by atoms with van der Waals surface area (Å²) in [5.74, 6) is 2.06. The monoisotopic (exact) mass is 381 g/mol. The first-order chi connectivity index (χ1) is 13.1. The van der Waals surface area contributed by atoms with E-state index in [0.717, 1.165) is 41.4 Å². The topological polar surface area (TPSA) is 35.1 Å². The Bertz CT molecular complexity index is 975. The minimum absolute atomic E-state index is 0.102. The second-order valence-corrected chi connectivity index (χ2v) is 7.31. The van der Waals surface area contributed by atoms with Gasteiger partial charge in [0.25, 0.3) is 5.82 Å². The average Bonchev–Trinajstić information content (AvgIpc) is 3.30. The summed E-state index contributed by atoms with van der Waals surface area (Å²) >= 11 is 6.04. The fourth-order valence-electron chi connectivity index (χ4n) is 3.77. The number of ketones is 1. The van der Waals surface area contributed by atoms with Crippen LogP contribution in [0.15, 0.2) is 54.7 Å².